The Kier molecular flexibility index (Phi) is 4.34. The number of hydrogen-bond acceptors (Lipinski definition) is 3. The molecule has 0 aromatic heterocycles. The Morgan fingerprint density at radius 2 is 2.06 bits per heavy atom. The Bertz CT molecular complexity index is 448. The number of halogens is 2. The van der Waals surface area contributed by atoms with Crippen molar-refractivity contribution >= 4 is 21.9 Å². The van der Waals surface area contributed by atoms with Crippen molar-refractivity contribution in [2.45, 2.75) is 12.8 Å². The molecular formula is C11H12BrFO4. The Morgan fingerprint density at radius 1 is 1.47 bits per heavy atom. The van der Waals surface area contributed by atoms with Crippen molar-refractivity contribution < 1.29 is 23.8 Å². The summed E-state index contributed by atoms with van der Waals surface area (Å²) in [6, 6.07) is 1.40. The molecule has 0 saturated carbocycles. The molecule has 0 aliphatic heterocycles. The number of methoxy groups -OCH3 is 2. The second-order valence-electron chi connectivity index (χ2n) is 3.38. The van der Waals surface area contributed by atoms with Crippen LogP contribution < -0.4 is 9.47 Å². The standard InChI is InChI=1S/C11H12BrFO4/c1-5(11(14)15)8-9(13)6(12)4-7(16-2)10(8)17-3/h4-5H,1-3H3,(H,14,15). The monoisotopic (exact) mass is 306 g/mol. The fourth-order valence-corrected chi connectivity index (χ4v) is 1.90. The molecule has 0 saturated heterocycles. The molecule has 0 fully saturated rings. The van der Waals surface area contributed by atoms with Gasteiger partial charge in [-0.2, -0.15) is 0 Å². The van der Waals surface area contributed by atoms with Crippen LogP contribution in [0.2, 0.25) is 0 Å². The van der Waals surface area contributed by atoms with Crippen molar-refractivity contribution in [1.29, 1.82) is 0 Å². The van der Waals surface area contributed by atoms with E-state index in [1.165, 1.54) is 27.2 Å². The number of carboxylic acid groups (broad SMARTS) is 1. The minimum Gasteiger partial charge on any atom is -0.493 e. The summed E-state index contributed by atoms with van der Waals surface area (Å²) in [5, 5.41) is 8.96. The van der Waals surface area contributed by atoms with Gasteiger partial charge in [0.1, 0.15) is 5.82 Å². The summed E-state index contributed by atoms with van der Waals surface area (Å²) >= 11 is 3.01. The maximum atomic E-state index is 13.9. The van der Waals surface area contributed by atoms with Gasteiger partial charge in [0.15, 0.2) is 11.5 Å². The zero-order valence-corrected chi connectivity index (χ0v) is 11.2. The van der Waals surface area contributed by atoms with Gasteiger partial charge in [-0.3, -0.25) is 4.79 Å². The minimum absolute atomic E-state index is 0.0359. The molecule has 0 heterocycles. The van der Waals surface area contributed by atoms with E-state index >= 15 is 0 Å². The second kappa shape index (κ2) is 5.35. The van der Waals surface area contributed by atoms with Crippen LogP contribution in [0.1, 0.15) is 18.4 Å². The Hall–Kier alpha value is -1.30. The van der Waals surface area contributed by atoms with Crippen molar-refractivity contribution in [1.82, 2.24) is 0 Å². The lowest BCUT2D eigenvalue weighted by atomic mass is 9.99. The highest BCUT2D eigenvalue weighted by molar-refractivity contribution is 9.10. The number of aliphatic carboxylic acids is 1. The van der Waals surface area contributed by atoms with E-state index in [-0.39, 0.29) is 21.5 Å². The van der Waals surface area contributed by atoms with Gasteiger partial charge in [0, 0.05) is 11.6 Å². The highest BCUT2D eigenvalue weighted by atomic mass is 79.9. The molecule has 0 aliphatic rings. The van der Waals surface area contributed by atoms with Crippen molar-refractivity contribution in [2.75, 3.05) is 14.2 Å². The molecule has 1 rings (SSSR count). The third-order valence-corrected chi connectivity index (χ3v) is 2.98. The van der Waals surface area contributed by atoms with Gasteiger partial charge in [-0.25, -0.2) is 4.39 Å². The Morgan fingerprint density at radius 3 is 2.47 bits per heavy atom. The van der Waals surface area contributed by atoms with Gasteiger partial charge in [0.25, 0.3) is 0 Å². The first-order chi connectivity index (χ1) is 7.93. The van der Waals surface area contributed by atoms with Gasteiger partial charge in [0.05, 0.1) is 24.6 Å². The predicted molar refractivity (Wildman–Crippen MR) is 63.3 cm³/mol. The van der Waals surface area contributed by atoms with Gasteiger partial charge in [-0.05, 0) is 22.9 Å². The molecule has 0 bridgehead atoms. The number of rotatable bonds is 4. The lowest BCUT2D eigenvalue weighted by molar-refractivity contribution is -0.138. The highest BCUT2D eigenvalue weighted by Gasteiger charge is 2.27. The van der Waals surface area contributed by atoms with Gasteiger partial charge < -0.3 is 14.6 Å². The van der Waals surface area contributed by atoms with E-state index in [1.54, 1.807) is 0 Å². The number of benzene rings is 1. The van der Waals surface area contributed by atoms with Crippen LogP contribution in [0.3, 0.4) is 0 Å². The molecule has 0 amide bonds. The lowest BCUT2D eigenvalue weighted by Crippen LogP contribution is -2.12. The third-order valence-electron chi connectivity index (χ3n) is 2.40. The van der Waals surface area contributed by atoms with Gasteiger partial charge >= 0.3 is 5.97 Å². The van der Waals surface area contributed by atoms with Crippen LogP contribution in [0.5, 0.6) is 11.5 Å². The molecule has 4 nitrogen and oxygen atoms in total. The molecule has 0 radical (unpaired) electrons. The van der Waals surface area contributed by atoms with Crippen molar-refractivity contribution in [3.05, 3.63) is 21.9 Å². The van der Waals surface area contributed by atoms with Crippen molar-refractivity contribution in [2.24, 2.45) is 0 Å². The summed E-state index contributed by atoms with van der Waals surface area (Å²) in [6.45, 7) is 1.38. The summed E-state index contributed by atoms with van der Waals surface area (Å²) in [4.78, 5) is 11.0. The SMILES string of the molecule is COc1cc(Br)c(F)c(C(C)C(=O)O)c1OC. The molecule has 1 aromatic rings. The zero-order valence-electron chi connectivity index (χ0n) is 9.58. The first-order valence-electron chi connectivity index (χ1n) is 4.76. The zero-order chi connectivity index (χ0) is 13.2. The van der Waals surface area contributed by atoms with E-state index < -0.39 is 17.7 Å². The van der Waals surface area contributed by atoms with E-state index in [9.17, 15) is 9.18 Å². The van der Waals surface area contributed by atoms with Crippen molar-refractivity contribution in [3.8, 4) is 11.5 Å². The topological polar surface area (TPSA) is 55.8 Å². The number of carboxylic acids is 1. The summed E-state index contributed by atoms with van der Waals surface area (Å²) in [7, 11) is 2.74. The first kappa shape index (κ1) is 13.8. The fourth-order valence-electron chi connectivity index (χ4n) is 1.48. The van der Waals surface area contributed by atoms with Gasteiger partial charge in [-0.15, -0.1) is 0 Å². The van der Waals surface area contributed by atoms with Gasteiger partial charge in [-0.1, -0.05) is 0 Å². The van der Waals surface area contributed by atoms with Crippen LogP contribution in [0.4, 0.5) is 4.39 Å². The molecule has 1 atom stereocenters. The largest absolute Gasteiger partial charge is 0.493 e. The van der Waals surface area contributed by atoms with Crippen LogP contribution in [0.15, 0.2) is 10.5 Å². The maximum absolute atomic E-state index is 13.9. The molecule has 0 aliphatic carbocycles. The molecule has 6 heteroatoms. The molecule has 1 N–H and O–H groups in total. The fraction of sp³-hybridized carbons (Fsp3) is 0.364. The smallest absolute Gasteiger partial charge is 0.310 e. The Balaban J connectivity index is 3.53. The molecule has 0 spiro atoms. The van der Waals surface area contributed by atoms with Crippen LogP contribution in [-0.4, -0.2) is 25.3 Å². The quantitative estimate of drug-likeness (QED) is 0.929. The van der Waals surface area contributed by atoms with Crippen LogP contribution >= 0.6 is 15.9 Å². The summed E-state index contributed by atoms with van der Waals surface area (Å²) in [5.74, 6) is -2.44. The number of hydrogen-bond donors (Lipinski definition) is 1. The van der Waals surface area contributed by atoms with E-state index in [0.29, 0.717) is 0 Å². The summed E-state index contributed by atoms with van der Waals surface area (Å²) < 4.78 is 24.1. The summed E-state index contributed by atoms with van der Waals surface area (Å²) in [5.41, 5.74) is -0.0359. The molecule has 1 aromatic carbocycles. The van der Waals surface area contributed by atoms with Crippen molar-refractivity contribution in [3.63, 3.8) is 0 Å². The third kappa shape index (κ3) is 2.52. The molecule has 1 unspecified atom stereocenters. The second-order valence-corrected chi connectivity index (χ2v) is 4.24. The highest BCUT2D eigenvalue weighted by Crippen LogP contribution is 2.41. The predicted octanol–water partition coefficient (Wildman–Crippen LogP) is 2.79. The van der Waals surface area contributed by atoms with E-state index in [4.69, 9.17) is 14.6 Å². The molecule has 94 valence electrons. The average Bonchev–Trinajstić information content (AvgIpc) is 2.30. The van der Waals surface area contributed by atoms with E-state index in [1.807, 2.05) is 0 Å². The van der Waals surface area contributed by atoms with E-state index in [2.05, 4.69) is 15.9 Å². The Labute approximate surface area is 106 Å². The van der Waals surface area contributed by atoms with Gasteiger partial charge in [0.2, 0.25) is 0 Å². The minimum atomic E-state index is -1.14. The molecular weight excluding hydrogens is 295 g/mol. The first-order valence-corrected chi connectivity index (χ1v) is 5.56. The van der Waals surface area contributed by atoms with Crippen LogP contribution in [0.25, 0.3) is 0 Å². The number of carbonyl (C=O) groups is 1. The summed E-state index contributed by atoms with van der Waals surface area (Å²) in [6.07, 6.45) is 0. The normalized spacial score (nSPS) is 12.1. The molecule has 17 heavy (non-hydrogen) atoms. The number of ether oxygens (including phenoxy) is 2. The maximum Gasteiger partial charge on any atom is 0.310 e. The van der Waals surface area contributed by atoms with E-state index in [0.717, 1.165) is 0 Å². The average molecular weight is 307 g/mol. The van der Waals surface area contributed by atoms with Crippen LogP contribution in [0, 0.1) is 5.82 Å². The lowest BCUT2D eigenvalue weighted by Gasteiger charge is -2.17. The van der Waals surface area contributed by atoms with Crippen LogP contribution in [-0.2, 0) is 4.79 Å².